The first-order valence-corrected chi connectivity index (χ1v) is 7.22. The predicted octanol–water partition coefficient (Wildman–Crippen LogP) is 1.95. The molecule has 1 aliphatic heterocycles. The monoisotopic (exact) mass is 290 g/mol. The zero-order valence-electron chi connectivity index (χ0n) is 12.2. The lowest BCUT2D eigenvalue weighted by Crippen LogP contribution is -2.38. The minimum atomic E-state index is -0.0786. The molecule has 0 bridgehead atoms. The molecule has 0 saturated carbocycles. The van der Waals surface area contributed by atoms with Crippen molar-refractivity contribution in [2.24, 2.45) is 0 Å². The maximum Gasteiger partial charge on any atom is 0.276 e. The molecule has 1 saturated heterocycles. The molecule has 0 unspecified atom stereocenters. The van der Waals surface area contributed by atoms with E-state index in [2.05, 4.69) is 15.3 Å². The summed E-state index contributed by atoms with van der Waals surface area (Å²) in [7, 11) is 0. The van der Waals surface area contributed by atoms with Crippen LogP contribution in [0.5, 0.6) is 0 Å². The van der Waals surface area contributed by atoms with E-state index in [1.54, 1.807) is 17.9 Å². The fourth-order valence-electron chi connectivity index (χ4n) is 2.54. The highest BCUT2D eigenvalue weighted by atomic mass is 16.5. The molecule has 1 fully saturated rings. The van der Waals surface area contributed by atoms with Crippen LogP contribution in [0.25, 0.3) is 0 Å². The number of nitrogens with zero attached hydrogens (tertiary/aromatic N) is 4. The molecule has 0 radical (unpaired) electrons. The molecule has 2 aromatic heterocycles. The van der Waals surface area contributed by atoms with Crippen molar-refractivity contribution in [2.45, 2.75) is 39.0 Å². The Hall–Kier alpha value is -2.18. The summed E-state index contributed by atoms with van der Waals surface area (Å²) in [6.07, 6.45) is 2.42. The number of piperidine rings is 1. The van der Waals surface area contributed by atoms with Gasteiger partial charge in [-0.25, -0.2) is 0 Å². The zero-order valence-corrected chi connectivity index (χ0v) is 12.2. The fourth-order valence-corrected chi connectivity index (χ4v) is 2.54. The van der Waals surface area contributed by atoms with Crippen LogP contribution >= 0.6 is 0 Å². The first-order chi connectivity index (χ1) is 10.2. The second-order valence-electron chi connectivity index (χ2n) is 5.29. The van der Waals surface area contributed by atoms with E-state index in [-0.39, 0.29) is 11.8 Å². The lowest BCUT2D eigenvalue weighted by molar-refractivity contribution is 0.0694. The molecule has 7 heteroatoms. The van der Waals surface area contributed by atoms with Crippen molar-refractivity contribution < 1.29 is 13.8 Å². The molecule has 0 atom stereocenters. The van der Waals surface area contributed by atoms with E-state index >= 15 is 0 Å². The van der Waals surface area contributed by atoms with Gasteiger partial charge in [0.25, 0.3) is 5.91 Å². The van der Waals surface area contributed by atoms with Gasteiger partial charge in [0, 0.05) is 31.5 Å². The Kier molecular flexibility index (Phi) is 3.72. The van der Waals surface area contributed by atoms with Crippen LogP contribution in [0.15, 0.2) is 15.1 Å². The van der Waals surface area contributed by atoms with Crippen LogP contribution in [0.3, 0.4) is 0 Å². The summed E-state index contributed by atoms with van der Waals surface area (Å²) in [5.41, 5.74) is 0.372. The van der Waals surface area contributed by atoms with Gasteiger partial charge in [-0.3, -0.25) is 4.79 Å². The largest absolute Gasteiger partial charge is 0.361 e. The van der Waals surface area contributed by atoms with E-state index < -0.39 is 0 Å². The van der Waals surface area contributed by atoms with Crippen LogP contribution in [0, 0.1) is 6.92 Å². The topological polar surface area (TPSA) is 85.3 Å². The average Bonchev–Trinajstić information content (AvgIpc) is 3.15. The fraction of sp³-hybridized carbons (Fsp3) is 0.571. The number of hydrogen-bond acceptors (Lipinski definition) is 6. The van der Waals surface area contributed by atoms with E-state index in [4.69, 9.17) is 9.05 Å². The molecule has 0 aromatic carbocycles. The summed E-state index contributed by atoms with van der Waals surface area (Å²) in [5, 5.41) is 7.70. The summed E-state index contributed by atoms with van der Waals surface area (Å²) in [6.45, 7) is 5.10. The van der Waals surface area contributed by atoms with Crippen molar-refractivity contribution in [1.29, 1.82) is 0 Å². The summed E-state index contributed by atoms with van der Waals surface area (Å²) in [5.74, 6) is 2.23. The van der Waals surface area contributed by atoms with E-state index in [0.29, 0.717) is 30.4 Å². The van der Waals surface area contributed by atoms with E-state index in [0.717, 1.165) is 25.1 Å². The first-order valence-electron chi connectivity index (χ1n) is 7.22. The second-order valence-corrected chi connectivity index (χ2v) is 5.29. The van der Waals surface area contributed by atoms with E-state index in [9.17, 15) is 4.79 Å². The standard InChI is InChI=1S/C14H18N4O3/c1-3-12-15-13(21-17-12)10-4-6-18(7-5-10)14(19)11-8-9(2)20-16-11/h8,10H,3-7H2,1-2H3. The maximum atomic E-state index is 12.3. The number of hydrogen-bond donors (Lipinski definition) is 0. The number of likely N-dealkylation sites (tertiary alicyclic amines) is 1. The van der Waals surface area contributed by atoms with Gasteiger partial charge in [-0.15, -0.1) is 0 Å². The predicted molar refractivity (Wildman–Crippen MR) is 72.8 cm³/mol. The number of carbonyl (C=O) groups is 1. The number of aryl methyl sites for hydroxylation is 2. The van der Waals surface area contributed by atoms with Crippen LogP contribution in [0.2, 0.25) is 0 Å². The van der Waals surface area contributed by atoms with Gasteiger partial charge in [-0.05, 0) is 19.8 Å². The van der Waals surface area contributed by atoms with Gasteiger partial charge >= 0.3 is 0 Å². The first kappa shape index (κ1) is 13.8. The molecule has 21 heavy (non-hydrogen) atoms. The SMILES string of the molecule is CCc1noc(C2CCN(C(=O)c3cc(C)on3)CC2)n1. The van der Waals surface area contributed by atoms with Gasteiger partial charge in [-0.2, -0.15) is 4.98 Å². The van der Waals surface area contributed by atoms with Gasteiger partial charge in [0.2, 0.25) is 5.89 Å². The molecule has 3 heterocycles. The molecular weight excluding hydrogens is 272 g/mol. The molecule has 7 nitrogen and oxygen atoms in total. The number of amides is 1. The molecule has 0 spiro atoms. The van der Waals surface area contributed by atoms with Crippen molar-refractivity contribution in [3.05, 3.63) is 29.2 Å². The minimum absolute atomic E-state index is 0.0786. The summed E-state index contributed by atoms with van der Waals surface area (Å²) in [6, 6.07) is 1.67. The lowest BCUT2D eigenvalue weighted by atomic mass is 9.96. The number of carbonyl (C=O) groups excluding carboxylic acids is 1. The maximum absolute atomic E-state index is 12.3. The van der Waals surface area contributed by atoms with Crippen LogP contribution < -0.4 is 0 Å². The molecule has 2 aromatic rings. The highest BCUT2D eigenvalue weighted by Gasteiger charge is 2.28. The van der Waals surface area contributed by atoms with Gasteiger partial charge in [0.15, 0.2) is 11.5 Å². The Morgan fingerprint density at radius 2 is 2.10 bits per heavy atom. The van der Waals surface area contributed by atoms with Crippen molar-refractivity contribution >= 4 is 5.91 Å². The number of rotatable bonds is 3. The Bertz CT molecular complexity index is 626. The van der Waals surface area contributed by atoms with E-state index in [1.807, 2.05) is 6.92 Å². The quantitative estimate of drug-likeness (QED) is 0.858. The molecule has 0 N–H and O–H groups in total. The van der Waals surface area contributed by atoms with Crippen molar-refractivity contribution in [3.8, 4) is 0 Å². The second kappa shape index (κ2) is 5.67. The molecule has 3 rings (SSSR count). The molecule has 0 aliphatic carbocycles. The van der Waals surface area contributed by atoms with Crippen LogP contribution in [-0.4, -0.2) is 39.2 Å². The molecular formula is C14H18N4O3. The van der Waals surface area contributed by atoms with Crippen molar-refractivity contribution in [2.75, 3.05) is 13.1 Å². The molecule has 112 valence electrons. The Labute approximate surface area is 122 Å². The van der Waals surface area contributed by atoms with E-state index in [1.165, 1.54) is 0 Å². The third-order valence-electron chi connectivity index (χ3n) is 3.78. The summed E-state index contributed by atoms with van der Waals surface area (Å²) in [4.78, 5) is 18.4. The molecule has 1 aliphatic rings. The normalized spacial score (nSPS) is 16.4. The van der Waals surface area contributed by atoms with Gasteiger partial charge < -0.3 is 13.9 Å². The highest BCUT2D eigenvalue weighted by molar-refractivity contribution is 5.92. The van der Waals surface area contributed by atoms with Gasteiger partial charge in [0.1, 0.15) is 5.76 Å². The average molecular weight is 290 g/mol. The Morgan fingerprint density at radius 1 is 1.33 bits per heavy atom. The highest BCUT2D eigenvalue weighted by Crippen LogP contribution is 2.27. The summed E-state index contributed by atoms with van der Waals surface area (Å²) < 4.78 is 10.2. The third-order valence-corrected chi connectivity index (χ3v) is 3.78. The molecule has 1 amide bonds. The number of aromatic nitrogens is 3. The Balaban J connectivity index is 1.61. The zero-order chi connectivity index (χ0) is 14.8. The van der Waals surface area contributed by atoms with Gasteiger partial charge in [-0.1, -0.05) is 17.2 Å². The lowest BCUT2D eigenvalue weighted by Gasteiger charge is -2.29. The van der Waals surface area contributed by atoms with Crippen LogP contribution in [-0.2, 0) is 6.42 Å². The van der Waals surface area contributed by atoms with Gasteiger partial charge in [0.05, 0.1) is 0 Å². The third kappa shape index (κ3) is 2.81. The smallest absolute Gasteiger partial charge is 0.276 e. The van der Waals surface area contributed by atoms with Crippen LogP contribution in [0.1, 0.15) is 53.6 Å². The van der Waals surface area contributed by atoms with Crippen molar-refractivity contribution in [3.63, 3.8) is 0 Å². The van der Waals surface area contributed by atoms with Crippen molar-refractivity contribution in [1.82, 2.24) is 20.2 Å². The summed E-state index contributed by atoms with van der Waals surface area (Å²) >= 11 is 0. The Morgan fingerprint density at radius 3 is 2.67 bits per heavy atom. The minimum Gasteiger partial charge on any atom is -0.361 e. The van der Waals surface area contributed by atoms with Crippen LogP contribution in [0.4, 0.5) is 0 Å².